The molecule has 0 saturated heterocycles. The van der Waals surface area contributed by atoms with Gasteiger partial charge >= 0.3 is 0 Å². The molecule has 0 heterocycles. The number of nitrogens with one attached hydrogen (secondary N) is 1. The normalized spacial score (nSPS) is 11.1. The van der Waals surface area contributed by atoms with Crippen LogP contribution >= 0.6 is 0 Å². The number of aryl methyl sites for hydroxylation is 3. The maximum Gasteiger partial charge on any atom is 0.254 e. The van der Waals surface area contributed by atoms with Crippen LogP contribution in [0.15, 0.2) is 41.3 Å². The van der Waals surface area contributed by atoms with Gasteiger partial charge in [-0.25, -0.2) is 8.42 Å². The first-order valence-electron chi connectivity index (χ1n) is 8.42. The Labute approximate surface area is 160 Å². The Morgan fingerprint density at radius 3 is 2.00 bits per heavy atom. The van der Waals surface area contributed by atoms with E-state index in [-0.39, 0.29) is 23.3 Å². The van der Waals surface area contributed by atoms with Crippen molar-refractivity contribution in [3.8, 4) is 0 Å². The fraction of sp³-hybridized carbons (Fsp3) is 0.300. The summed E-state index contributed by atoms with van der Waals surface area (Å²) in [5.74, 6) is -0.656. The van der Waals surface area contributed by atoms with Crippen molar-refractivity contribution >= 4 is 27.3 Å². The molecule has 0 atom stereocenters. The first-order chi connectivity index (χ1) is 12.5. The summed E-state index contributed by atoms with van der Waals surface area (Å²) in [7, 11) is -1.79. The molecule has 0 fully saturated rings. The SMILES string of the molecule is Cc1cc(C)c(NC(=O)CN(C)C(=O)c2ccc(S(C)(=O)=O)cc2)c(C)c1. The summed E-state index contributed by atoms with van der Waals surface area (Å²) in [6.07, 6.45) is 1.11. The van der Waals surface area contributed by atoms with Crippen molar-refractivity contribution in [1.82, 2.24) is 4.90 Å². The van der Waals surface area contributed by atoms with Crippen molar-refractivity contribution in [3.63, 3.8) is 0 Å². The highest BCUT2D eigenvalue weighted by atomic mass is 32.2. The zero-order valence-corrected chi connectivity index (χ0v) is 17.0. The molecular formula is C20H24N2O4S. The van der Waals surface area contributed by atoms with Crippen molar-refractivity contribution in [3.05, 3.63) is 58.7 Å². The molecule has 0 aliphatic heterocycles. The highest BCUT2D eigenvalue weighted by Crippen LogP contribution is 2.22. The van der Waals surface area contributed by atoms with E-state index in [0.717, 1.165) is 28.6 Å². The Bertz CT molecular complexity index is 957. The molecule has 2 aromatic rings. The van der Waals surface area contributed by atoms with E-state index in [2.05, 4.69) is 5.32 Å². The van der Waals surface area contributed by atoms with E-state index in [9.17, 15) is 18.0 Å². The number of amides is 2. The number of benzene rings is 2. The van der Waals surface area contributed by atoms with Crippen LogP contribution in [0, 0.1) is 20.8 Å². The number of rotatable bonds is 5. The lowest BCUT2D eigenvalue weighted by Gasteiger charge is -2.18. The van der Waals surface area contributed by atoms with Gasteiger partial charge < -0.3 is 10.2 Å². The van der Waals surface area contributed by atoms with Crippen LogP contribution in [0.3, 0.4) is 0 Å². The smallest absolute Gasteiger partial charge is 0.254 e. The Morgan fingerprint density at radius 1 is 1.00 bits per heavy atom. The Hall–Kier alpha value is -2.67. The summed E-state index contributed by atoms with van der Waals surface area (Å²) < 4.78 is 23.0. The van der Waals surface area contributed by atoms with E-state index in [4.69, 9.17) is 0 Å². The van der Waals surface area contributed by atoms with Gasteiger partial charge in [-0.2, -0.15) is 0 Å². The van der Waals surface area contributed by atoms with E-state index in [1.165, 1.54) is 36.2 Å². The van der Waals surface area contributed by atoms with Gasteiger partial charge in [-0.1, -0.05) is 17.7 Å². The average Bonchev–Trinajstić information content (AvgIpc) is 2.56. The lowest BCUT2D eigenvalue weighted by atomic mass is 10.1. The molecule has 0 aliphatic rings. The fourth-order valence-corrected chi connectivity index (χ4v) is 3.54. The minimum Gasteiger partial charge on any atom is -0.332 e. The van der Waals surface area contributed by atoms with Crippen LogP contribution in [0.2, 0.25) is 0 Å². The monoisotopic (exact) mass is 388 g/mol. The second-order valence-corrected chi connectivity index (χ2v) is 8.80. The minimum absolute atomic E-state index is 0.112. The number of likely N-dealkylation sites (N-methyl/N-ethyl adjacent to an activating group) is 1. The fourth-order valence-electron chi connectivity index (χ4n) is 2.91. The molecule has 0 aliphatic carbocycles. The molecule has 0 radical (unpaired) electrons. The second kappa shape index (κ2) is 7.92. The molecule has 144 valence electrons. The predicted molar refractivity (Wildman–Crippen MR) is 106 cm³/mol. The third kappa shape index (κ3) is 5.17. The number of nitrogens with zero attached hydrogens (tertiary/aromatic N) is 1. The molecule has 2 rings (SSSR count). The second-order valence-electron chi connectivity index (χ2n) is 6.78. The van der Waals surface area contributed by atoms with E-state index >= 15 is 0 Å². The van der Waals surface area contributed by atoms with E-state index < -0.39 is 9.84 Å². The third-order valence-corrected chi connectivity index (χ3v) is 5.33. The van der Waals surface area contributed by atoms with Gasteiger partial charge in [0.05, 0.1) is 11.4 Å². The molecule has 0 spiro atoms. The predicted octanol–water partition coefficient (Wildman–Crippen LogP) is 2.73. The van der Waals surface area contributed by atoms with Crippen LogP contribution in [0.4, 0.5) is 5.69 Å². The van der Waals surface area contributed by atoms with Crippen molar-refractivity contribution < 1.29 is 18.0 Å². The van der Waals surface area contributed by atoms with Gasteiger partial charge in [-0.15, -0.1) is 0 Å². The zero-order valence-electron chi connectivity index (χ0n) is 16.2. The largest absolute Gasteiger partial charge is 0.332 e. The van der Waals surface area contributed by atoms with Gasteiger partial charge in [0.2, 0.25) is 5.91 Å². The molecule has 27 heavy (non-hydrogen) atoms. The Kier molecular flexibility index (Phi) is 6.05. The van der Waals surface area contributed by atoms with Gasteiger partial charge in [0.1, 0.15) is 0 Å². The number of carbonyl (C=O) groups excluding carboxylic acids is 2. The molecule has 1 N–H and O–H groups in total. The van der Waals surface area contributed by atoms with Gasteiger partial charge in [0.15, 0.2) is 9.84 Å². The lowest BCUT2D eigenvalue weighted by Crippen LogP contribution is -2.35. The van der Waals surface area contributed by atoms with Crippen molar-refractivity contribution in [2.75, 3.05) is 25.2 Å². The molecule has 0 saturated carbocycles. The van der Waals surface area contributed by atoms with E-state index in [1.54, 1.807) is 0 Å². The molecule has 2 aromatic carbocycles. The average molecular weight is 388 g/mol. The number of carbonyl (C=O) groups is 2. The number of sulfone groups is 1. The zero-order chi connectivity index (χ0) is 20.4. The topological polar surface area (TPSA) is 83.6 Å². The van der Waals surface area contributed by atoms with Crippen molar-refractivity contribution in [1.29, 1.82) is 0 Å². The molecule has 0 aromatic heterocycles. The Balaban J connectivity index is 2.07. The van der Waals surface area contributed by atoms with Gasteiger partial charge in [0.25, 0.3) is 5.91 Å². The number of hydrogen-bond donors (Lipinski definition) is 1. The number of hydrogen-bond acceptors (Lipinski definition) is 4. The maximum absolute atomic E-state index is 12.5. The van der Waals surface area contributed by atoms with Crippen LogP contribution in [0.1, 0.15) is 27.0 Å². The van der Waals surface area contributed by atoms with Crippen molar-refractivity contribution in [2.24, 2.45) is 0 Å². The van der Waals surface area contributed by atoms with E-state index in [1.807, 2.05) is 32.9 Å². The molecule has 2 amide bonds. The van der Waals surface area contributed by atoms with Crippen LogP contribution in [0.25, 0.3) is 0 Å². The Morgan fingerprint density at radius 2 is 1.52 bits per heavy atom. The summed E-state index contributed by atoms with van der Waals surface area (Å²) in [6.45, 7) is 5.73. The highest BCUT2D eigenvalue weighted by Gasteiger charge is 2.17. The maximum atomic E-state index is 12.5. The minimum atomic E-state index is -3.32. The molecule has 0 bridgehead atoms. The quantitative estimate of drug-likeness (QED) is 0.854. The summed E-state index contributed by atoms with van der Waals surface area (Å²) in [5.41, 5.74) is 4.12. The van der Waals surface area contributed by atoms with Crippen LogP contribution in [0.5, 0.6) is 0 Å². The van der Waals surface area contributed by atoms with Gasteiger partial charge in [0, 0.05) is 24.6 Å². The van der Waals surface area contributed by atoms with E-state index in [0.29, 0.717) is 5.56 Å². The molecular weight excluding hydrogens is 364 g/mol. The molecule has 0 unspecified atom stereocenters. The lowest BCUT2D eigenvalue weighted by molar-refractivity contribution is -0.116. The van der Waals surface area contributed by atoms with Crippen LogP contribution in [-0.2, 0) is 14.6 Å². The van der Waals surface area contributed by atoms with Crippen molar-refractivity contribution in [2.45, 2.75) is 25.7 Å². The van der Waals surface area contributed by atoms with Gasteiger partial charge in [-0.05, 0) is 56.2 Å². The standard InChI is InChI=1S/C20H24N2O4S/c1-13-10-14(2)19(15(3)11-13)21-18(23)12-22(4)20(24)16-6-8-17(9-7-16)27(5,25)26/h6-11H,12H2,1-5H3,(H,21,23). The first-order valence-corrected chi connectivity index (χ1v) is 10.3. The van der Waals surface area contributed by atoms with Gasteiger partial charge in [-0.3, -0.25) is 9.59 Å². The summed E-state index contributed by atoms with van der Waals surface area (Å²) in [4.78, 5) is 26.3. The summed E-state index contributed by atoms with van der Waals surface area (Å²) in [5, 5.41) is 2.86. The van der Waals surface area contributed by atoms with Crippen LogP contribution in [-0.4, -0.2) is 45.0 Å². The highest BCUT2D eigenvalue weighted by molar-refractivity contribution is 7.90. The molecule has 6 nitrogen and oxygen atoms in total. The summed E-state index contributed by atoms with van der Waals surface area (Å²) >= 11 is 0. The number of anilines is 1. The summed E-state index contributed by atoms with van der Waals surface area (Å²) in [6, 6.07) is 9.63. The first kappa shape index (κ1) is 20.6. The van der Waals surface area contributed by atoms with Crippen LogP contribution < -0.4 is 5.32 Å². The molecule has 7 heteroatoms. The third-order valence-electron chi connectivity index (χ3n) is 4.20.